The van der Waals surface area contributed by atoms with E-state index in [2.05, 4.69) is 0 Å². The number of sulfone groups is 1. The van der Waals surface area contributed by atoms with Gasteiger partial charge in [-0.3, -0.25) is 4.90 Å². The van der Waals surface area contributed by atoms with E-state index in [1.165, 1.54) is 0 Å². The molecule has 4 nitrogen and oxygen atoms in total. The highest BCUT2D eigenvalue weighted by molar-refractivity contribution is 7.90. The molecule has 1 aromatic rings. The molecule has 0 spiro atoms. The van der Waals surface area contributed by atoms with Crippen LogP contribution in [0.25, 0.3) is 0 Å². The van der Waals surface area contributed by atoms with Crippen molar-refractivity contribution in [1.82, 2.24) is 4.90 Å². The van der Waals surface area contributed by atoms with E-state index < -0.39 is 32.4 Å². The number of nitrogens with zero attached hydrogens (tertiary/aromatic N) is 1. The third-order valence-electron chi connectivity index (χ3n) is 3.79. The Hall–Kier alpha value is -1.05. The van der Waals surface area contributed by atoms with E-state index in [4.69, 9.17) is 5.73 Å². The van der Waals surface area contributed by atoms with Crippen LogP contribution in [0.5, 0.6) is 0 Å². The lowest BCUT2D eigenvalue weighted by Crippen LogP contribution is -2.22. The van der Waals surface area contributed by atoms with E-state index in [0.29, 0.717) is 19.5 Å². The fourth-order valence-corrected chi connectivity index (χ4v) is 3.51. The van der Waals surface area contributed by atoms with Crippen molar-refractivity contribution in [2.24, 2.45) is 11.7 Å². The van der Waals surface area contributed by atoms with E-state index in [1.54, 1.807) is 7.05 Å². The van der Waals surface area contributed by atoms with E-state index >= 15 is 0 Å². The van der Waals surface area contributed by atoms with Gasteiger partial charge in [-0.25, -0.2) is 17.2 Å². The fourth-order valence-electron chi connectivity index (χ4n) is 2.75. The lowest BCUT2D eigenvalue weighted by atomic mass is 9.99. The summed E-state index contributed by atoms with van der Waals surface area (Å²) in [7, 11) is -1.97. The number of rotatable bonds is 3. The van der Waals surface area contributed by atoms with Gasteiger partial charge in [0.25, 0.3) is 0 Å². The van der Waals surface area contributed by atoms with Crippen LogP contribution in [0, 0.1) is 17.6 Å². The zero-order chi connectivity index (χ0) is 15.1. The summed E-state index contributed by atoms with van der Waals surface area (Å²) in [4.78, 5) is 1.35. The maximum Gasteiger partial charge on any atom is 0.178 e. The zero-order valence-electron chi connectivity index (χ0n) is 11.4. The summed E-state index contributed by atoms with van der Waals surface area (Å²) < 4.78 is 51.5. The molecule has 1 fully saturated rings. The maximum absolute atomic E-state index is 14.4. The molecule has 0 aromatic heterocycles. The maximum atomic E-state index is 14.4. The Kier molecular flexibility index (Phi) is 4.13. The molecule has 0 saturated carbocycles. The summed E-state index contributed by atoms with van der Waals surface area (Å²) in [6.07, 6.45) is 1.43. The Bertz CT molecular complexity index is 619. The highest BCUT2D eigenvalue weighted by atomic mass is 32.2. The van der Waals surface area contributed by atoms with Crippen molar-refractivity contribution in [3.8, 4) is 0 Å². The van der Waals surface area contributed by atoms with Crippen molar-refractivity contribution >= 4 is 9.84 Å². The van der Waals surface area contributed by atoms with Gasteiger partial charge in [0.2, 0.25) is 0 Å². The van der Waals surface area contributed by atoms with Crippen molar-refractivity contribution in [2.75, 3.05) is 26.4 Å². The number of hydrogen-bond acceptors (Lipinski definition) is 4. The topological polar surface area (TPSA) is 63.4 Å². The van der Waals surface area contributed by atoms with Gasteiger partial charge in [0.1, 0.15) is 16.5 Å². The molecule has 20 heavy (non-hydrogen) atoms. The summed E-state index contributed by atoms with van der Waals surface area (Å²) in [5.74, 6) is -1.54. The van der Waals surface area contributed by atoms with Gasteiger partial charge in [-0.2, -0.15) is 0 Å². The van der Waals surface area contributed by atoms with Crippen LogP contribution in [0.4, 0.5) is 8.78 Å². The normalized spacial score (nSPS) is 24.2. The average Bonchev–Trinajstić information content (AvgIpc) is 2.69. The summed E-state index contributed by atoms with van der Waals surface area (Å²) in [5, 5.41) is 0. The number of hydrogen-bond donors (Lipinski definition) is 1. The monoisotopic (exact) mass is 304 g/mol. The number of benzene rings is 1. The first kappa shape index (κ1) is 15.3. The second-order valence-electron chi connectivity index (χ2n) is 5.34. The van der Waals surface area contributed by atoms with Crippen molar-refractivity contribution in [2.45, 2.75) is 17.4 Å². The van der Waals surface area contributed by atoms with E-state index in [9.17, 15) is 17.2 Å². The first-order valence-corrected chi connectivity index (χ1v) is 8.23. The minimum Gasteiger partial charge on any atom is -0.330 e. The predicted octanol–water partition coefficient (Wildman–Crippen LogP) is 1.32. The highest BCUT2D eigenvalue weighted by Crippen LogP contribution is 2.37. The molecule has 0 amide bonds. The summed E-state index contributed by atoms with van der Waals surface area (Å²) in [5.41, 5.74) is 5.43. The van der Waals surface area contributed by atoms with Crippen molar-refractivity contribution in [3.63, 3.8) is 0 Å². The number of likely N-dealkylation sites (tertiary alicyclic amines) is 1. The predicted molar refractivity (Wildman–Crippen MR) is 72.0 cm³/mol. The van der Waals surface area contributed by atoms with Crippen molar-refractivity contribution < 1.29 is 17.2 Å². The Morgan fingerprint density at radius 3 is 2.55 bits per heavy atom. The molecule has 2 rings (SSSR count). The van der Waals surface area contributed by atoms with Gasteiger partial charge in [-0.15, -0.1) is 0 Å². The lowest BCUT2D eigenvalue weighted by Gasteiger charge is -2.21. The molecule has 0 aliphatic carbocycles. The molecule has 2 N–H and O–H groups in total. The van der Waals surface area contributed by atoms with Crippen molar-refractivity contribution in [1.29, 1.82) is 0 Å². The van der Waals surface area contributed by atoms with Gasteiger partial charge in [0, 0.05) is 24.4 Å². The smallest absolute Gasteiger partial charge is 0.178 e. The van der Waals surface area contributed by atoms with Gasteiger partial charge in [0.15, 0.2) is 9.84 Å². The minimum absolute atomic E-state index is 0.158. The van der Waals surface area contributed by atoms with E-state index in [1.807, 2.05) is 4.90 Å². The molecule has 7 heteroatoms. The standard InChI is InChI=1S/C13H18F2N2O2S/c1-17-7-8(6-16)5-10(17)12-9(14)3-4-11(13(12)15)20(2,18)19/h3-4,8,10H,5-7,16H2,1-2H3. The van der Waals surface area contributed by atoms with Crippen LogP contribution in [0.1, 0.15) is 18.0 Å². The van der Waals surface area contributed by atoms with Crippen LogP contribution in [0.2, 0.25) is 0 Å². The van der Waals surface area contributed by atoms with Gasteiger partial charge in [-0.05, 0) is 38.1 Å². The Balaban J connectivity index is 2.52. The zero-order valence-corrected chi connectivity index (χ0v) is 12.3. The summed E-state index contributed by atoms with van der Waals surface area (Å²) in [6, 6.07) is 1.50. The molecule has 1 heterocycles. The molecular weight excluding hydrogens is 286 g/mol. The first-order chi connectivity index (χ1) is 9.25. The minimum atomic E-state index is -3.72. The molecule has 0 bridgehead atoms. The van der Waals surface area contributed by atoms with Crippen LogP contribution < -0.4 is 5.73 Å². The largest absolute Gasteiger partial charge is 0.330 e. The highest BCUT2D eigenvalue weighted by Gasteiger charge is 2.35. The number of nitrogens with two attached hydrogens (primary N) is 1. The lowest BCUT2D eigenvalue weighted by molar-refractivity contribution is 0.297. The number of halogens is 2. The molecule has 1 aliphatic rings. The van der Waals surface area contributed by atoms with Crippen LogP contribution in [0.15, 0.2) is 17.0 Å². The van der Waals surface area contributed by atoms with Gasteiger partial charge in [0.05, 0.1) is 0 Å². The molecular formula is C13H18F2N2O2S. The summed E-state index contributed by atoms with van der Waals surface area (Å²) in [6.45, 7) is 1.08. The van der Waals surface area contributed by atoms with E-state index in [0.717, 1.165) is 18.4 Å². The van der Waals surface area contributed by atoms with Crippen LogP contribution in [0.3, 0.4) is 0 Å². The fraction of sp³-hybridized carbons (Fsp3) is 0.538. The van der Waals surface area contributed by atoms with Crippen LogP contribution in [-0.2, 0) is 9.84 Å². The Morgan fingerprint density at radius 2 is 2.05 bits per heavy atom. The molecule has 1 aromatic carbocycles. The molecule has 1 saturated heterocycles. The first-order valence-electron chi connectivity index (χ1n) is 6.34. The third-order valence-corrected chi connectivity index (χ3v) is 4.91. The molecule has 2 atom stereocenters. The Labute approximate surface area is 117 Å². The quantitative estimate of drug-likeness (QED) is 0.856. The molecule has 0 radical (unpaired) electrons. The van der Waals surface area contributed by atoms with E-state index in [-0.39, 0.29) is 11.5 Å². The molecule has 2 unspecified atom stereocenters. The van der Waals surface area contributed by atoms with Gasteiger partial charge < -0.3 is 5.73 Å². The van der Waals surface area contributed by atoms with Gasteiger partial charge >= 0.3 is 0 Å². The third kappa shape index (κ3) is 2.70. The van der Waals surface area contributed by atoms with Crippen LogP contribution >= 0.6 is 0 Å². The Morgan fingerprint density at radius 1 is 1.40 bits per heavy atom. The summed E-state index contributed by atoms with van der Waals surface area (Å²) >= 11 is 0. The van der Waals surface area contributed by atoms with Crippen molar-refractivity contribution in [3.05, 3.63) is 29.3 Å². The van der Waals surface area contributed by atoms with Gasteiger partial charge in [-0.1, -0.05) is 0 Å². The average molecular weight is 304 g/mol. The second-order valence-corrected chi connectivity index (χ2v) is 7.32. The molecule has 112 valence electrons. The van der Waals surface area contributed by atoms with Crippen LogP contribution in [-0.4, -0.2) is 39.7 Å². The molecule has 1 aliphatic heterocycles. The SMILES string of the molecule is CN1CC(CN)CC1c1c(F)ccc(S(C)(=O)=O)c1F. The second kappa shape index (κ2) is 5.38.